The van der Waals surface area contributed by atoms with Gasteiger partial charge in [-0.15, -0.1) is 11.3 Å². The molecule has 0 saturated carbocycles. The number of rotatable bonds is 5. The molecule has 9 heteroatoms. The van der Waals surface area contributed by atoms with E-state index < -0.39 is 17.9 Å². The zero-order valence-corrected chi connectivity index (χ0v) is 15.8. The number of anilines is 1. The number of nitrogens with one attached hydrogen (secondary N) is 2. The first-order valence-corrected chi connectivity index (χ1v) is 9.14. The lowest BCUT2D eigenvalue weighted by molar-refractivity contribution is -0.117. The van der Waals surface area contributed by atoms with Crippen molar-refractivity contribution in [1.82, 2.24) is 10.3 Å². The van der Waals surface area contributed by atoms with Crippen LogP contribution in [0.2, 0.25) is 10.0 Å². The molecule has 0 aliphatic rings. The Labute approximate surface area is 163 Å². The molecule has 1 unspecified atom stereocenters. The fraction of sp³-hybridized carbons (Fsp3) is 0.118. The monoisotopic (exact) mass is 409 g/mol. The Morgan fingerprint density at radius 1 is 1.23 bits per heavy atom. The highest BCUT2D eigenvalue weighted by atomic mass is 35.5. The summed E-state index contributed by atoms with van der Waals surface area (Å²) in [5.74, 6) is -0.286. The minimum Gasteiger partial charge on any atom is -0.463 e. The summed E-state index contributed by atoms with van der Waals surface area (Å²) in [6.45, 7) is 1.56. The van der Waals surface area contributed by atoms with Crippen molar-refractivity contribution in [3.05, 3.63) is 57.6 Å². The summed E-state index contributed by atoms with van der Waals surface area (Å²) in [5, 5.41) is 7.83. The van der Waals surface area contributed by atoms with E-state index in [9.17, 15) is 9.59 Å². The second kappa shape index (κ2) is 7.90. The van der Waals surface area contributed by atoms with Gasteiger partial charge in [-0.05, 0) is 31.2 Å². The van der Waals surface area contributed by atoms with Crippen LogP contribution < -0.4 is 10.6 Å². The Balaban J connectivity index is 1.63. The van der Waals surface area contributed by atoms with Gasteiger partial charge < -0.3 is 15.1 Å². The van der Waals surface area contributed by atoms with Gasteiger partial charge >= 0.3 is 0 Å². The van der Waals surface area contributed by atoms with Crippen LogP contribution in [-0.4, -0.2) is 22.8 Å². The lowest BCUT2D eigenvalue weighted by Gasteiger charge is -2.14. The number of hydrogen-bond acceptors (Lipinski definition) is 5. The molecular formula is C17H13Cl2N3O3S. The molecule has 0 aliphatic carbocycles. The van der Waals surface area contributed by atoms with Crippen LogP contribution in [0, 0.1) is 0 Å². The zero-order valence-electron chi connectivity index (χ0n) is 13.5. The first-order chi connectivity index (χ1) is 12.5. The summed E-state index contributed by atoms with van der Waals surface area (Å²) in [6, 6.07) is 7.46. The Kier molecular flexibility index (Phi) is 5.61. The molecule has 2 N–H and O–H groups in total. The molecule has 2 aromatic heterocycles. The van der Waals surface area contributed by atoms with Gasteiger partial charge in [-0.2, -0.15) is 0 Å². The summed E-state index contributed by atoms with van der Waals surface area (Å²) in [6.07, 6.45) is 1.55. The molecule has 3 aromatic rings. The number of halogens is 2. The maximum atomic E-state index is 12.3. The van der Waals surface area contributed by atoms with E-state index in [0.29, 0.717) is 16.6 Å². The molecule has 0 fully saturated rings. The fourth-order valence-electron chi connectivity index (χ4n) is 2.10. The van der Waals surface area contributed by atoms with Gasteiger partial charge in [0.05, 0.1) is 21.9 Å². The normalized spacial score (nSPS) is 11.8. The van der Waals surface area contributed by atoms with E-state index in [1.54, 1.807) is 42.8 Å². The molecule has 3 rings (SSSR count). The van der Waals surface area contributed by atoms with Crippen molar-refractivity contribution < 1.29 is 14.0 Å². The molecule has 1 atom stereocenters. The number of hydrogen-bond donors (Lipinski definition) is 2. The number of carbonyl (C=O) groups is 2. The van der Waals surface area contributed by atoms with Crippen LogP contribution in [0.4, 0.5) is 5.13 Å². The van der Waals surface area contributed by atoms with Crippen LogP contribution in [0.15, 0.2) is 46.4 Å². The molecular weight excluding hydrogens is 397 g/mol. The molecule has 6 nitrogen and oxygen atoms in total. The van der Waals surface area contributed by atoms with E-state index in [1.165, 1.54) is 17.4 Å². The highest BCUT2D eigenvalue weighted by molar-refractivity contribution is 7.14. The standard InChI is InChI=1S/C17H13Cl2N3O3S/c1-9(20-16(24)10-4-2-5-11(18)14(10)19)15(23)22-17-21-12(8-26-17)13-6-3-7-25-13/h2-9H,1H3,(H,20,24)(H,21,22,23). The van der Waals surface area contributed by atoms with Gasteiger partial charge in [0.15, 0.2) is 10.9 Å². The minimum absolute atomic E-state index is 0.141. The topological polar surface area (TPSA) is 84.2 Å². The fourth-order valence-corrected chi connectivity index (χ4v) is 3.19. The molecule has 0 bridgehead atoms. The van der Waals surface area contributed by atoms with E-state index in [4.69, 9.17) is 27.6 Å². The number of aromatic nitrogens is 1. The Morgan fingerprint density at radius 3 is 2.77 bits per heavy atom. The van der Waals surface area contributed by atoms with Gasteiger partial charge in [0.25, 0.3) is 5.91 Å². The number of benzene rings is 1. The quantitative estimate of drug-likeness (QED) is 0.650. The highest BCUT2D eigenvalue weighted by Crippen LogP contribution is 2.26. The molecule has 0 radical (unpaired) electrons. The molecule has 0 spiro atoms. The Bertz CT molecular complexity index is 941. The first kappa shape index (κ1) is 18.4. The summed E-state index contributed by atoms with van der Waals surface area (Å²) in [5.41, 5.74) is 0.825. The average Bonchev–Trinajstić information content (AvgIpc) is 3.28. The Morgan fingerprint density at radius 2 is 2.04 bits per heavy atom. The third-order valence-electron chi connectivity index (χ3n) is 3.45. The van der Waals surface area contributed by atoms with Crippen LogP contribution in [0.25, 0.3) is 11.5 Å². The maximum absolute atomic E-state index is 12.3. The second-order valence-electron chi connectivity index (χ2n) is 5.30. The van der Waals surface area contributed by atoms with E-state index in [-0.39, 0.29) is 15.6 Å². The van der Waals surface area contributed by atoms with Gasteiger partial charge in [-0.3, -0.25) is 9.59 Å². The van der Waals surface area contributed by atoms with Crippen molar-refractivity contribution in [3.8, 4) is 11.5 Å². The second-order valence-corrected chi connectivity index (χ2v) is 6.94. The van der Waals surface area contributed by atoms with Crippen LogP contribution in [0.3, 0.4) is 0 Å². The number of amides is 2. The van der Waals surface area contributed by atoms with Crippen LogP contribution in [0.1, 0.15) is 17.3 Å². The summed E-state index contributed by atoms with van der Waals surface area (Å²) < 4.78 is 5.26. The van der Waals surface area contributed by atoms with Crippen molar-refractivity contribution >= 4 is 51.5 Å². The maximum Gasteiger partial charge on any atom is 0.253 e. The molecule has 0 aliphatic heterocycles. The first-order valence-electron chi connectivity index (χ1n) is 7.51. The van der Waals surface area contributed by atoms with Gasteiger partial charge in [0, 0.05) is 5.38 Å². The predicted molar refractivity (Wildman–Crippen MR) is 102 cm³/mol. The molecule has 134 valence electrons. The van der Waals surface area contributed by atoms with Crippen LogP contribution >= 0.6 is 34.5 Å². The number of furan rings is 1. The predicted octanol–water partition coefficient (Wildman–Crippen LogP) is 4.47. The van der Waals surface area contributed by atoms with Crippen molar-refractivity contribution in [2.24, 2.45) is 0 Å². The third kappa shape index (κ3) is 4.07. The molecule has 1 aromatic carbocycles. The highest BCUT2D eigenvalue weighted by Gasteiger charge is 2.20. The van der Waals surface area contributed by atoms with Crippen molar-refractivity contribution in [2.75, 3.05) is 5.32 Å². The van der Waals surface area contributed by atoms with E-state index in [0.717, 1.165) is 0 Å². The van der Waals surface area contributed by atoms with Crippen LogP contribution in [0.5, 0.6) is 0 Å². The zero-order chi connectivity index (χ0) is 18.7. The molecule has 26 heavy (non-hydrogen) atoms. The third-order valence-corrected chi connectivity index (χ3v) is 5.02. The van der Waals surface area contributed by atoms with Gasteiger partial charge in [0.2, 0.25) is 5.91 Å². The largest absolute Gasteiger partial charge is 0.463 e. The lowest BCUT2D eigenvalue weighted by Crippen LogP contribution is -2.41. The smallest absolute Gasteiger partial charge is 0.253 e. The van der Waals surface area contributed by atoms with E-state index in [2.05, 4.69) is 15.6 Å². The number of nitrogens with zero attached hydrogens (tertiary/aromatic N) is 1. The summed E-state index contributed by atoms with van der Waals surface area (Å²) >= 11 is 13.2. The van der Waals surface area contributed by atoms with Crippen LogP contribution in [-0.2, 0) is 4.79 Å². The van der Waals surface area contributed by atoms with E-state index >= 15 is 0 Å². The van der Waals surface area contributed by atoms with E-state index in [1.807, 2.05) is 0 Å². The van der Waals surface area contributed by atoms with Gasteiger partial charge in [-0.25, -0.2) is 4.98 Å². The minimum atomic E-state index is -0.798. The van der Waals surface area contributed by atoms with Gasteiger partial charge in [0.1, 0.15) is 11.7 Å². The average molecular weight is 410 g/mol. The van der Waals surface area contributed by atoms with Crippen molar-refractivity contribution in [1.29, 1.82) is 0 Å². The summed E-state index contributed by atoms with van der Waals surface area (Å²) in [4.78, 5) is 28.8. The molecule has 2 amide bonds. The Hall–Kier alpha value is -2.35. The van der Waals surface area contributed by atoms with Crippen molar-refractivity contribution in [2.45, 2.75) is 13.0 Å². The van der Waals surface area contributed by atoms with Gasteiger partial charge in [-0.1, -0.05) is 29.3 Å². The lowest BCUT2D eigenvalue weighted by atomic mass is 10.2. The number of carbonyl (C=O) groups excluding carboxylic acids is 2. The number of thiazole rings is 1. The SMILES string of the molecule is CC(NC(=O)c1cccc(Cl)c1Cl)C(=O)Nc1nc(-c2ccco2)cs1. The molecule has 0 saturated heterocycles. The van der Waals surface area contributed by atoms with Crippen molar-refractivity contribution in [3.63, 3.8) is 0 Å². The summed E-state index contributed by atoms with van der Waals surface area (Å²) in [7, 11) is 0. The molecule has 2 heterocycles.